The molecule has 84 valence electrons. The summed E-state index contributed by atoms with van der Waals surface area (Å²) < 4.78 is 4.27. The number of esters is 1. The van der Waals surface area contributed by atoms with Gasteiger partial charge in [-0.1, -0.05) is 20.4 Å². The molecular weight excluding hydrogens is 184 g/mol. The minimum absolute atomic E-state index is 0.0451. The number of aliphatic hydroxyl groups excluding tert-OH is 2. The number of ether oxygens (including phenoxy) is 1. The molecule has 0 spiro atoms. The lowest BCUT2D eigenvalue weighted by Crippen LogP contribution is -2.20. The highest BCUT2D eigenvalue weighted by Gasteiger charge is 2.13. The van der Waals surface area contributed by atoms with Crippen molar-refractivity contribution in [3.8, 4) is 0 Å². The van der Waals surface area contributed by atoms with Crippen LogP contribution in [0.5, 0.6) is 0 Å². The van der Waals surface area contributed by atoms with Crippen LogP contribution in [0.2, 0.25) is 0 Å². The monoisotopic (exact) mass is 204 g/mol. The summed E-state index contributed by atoms with van der Waals surface area (Å²) in [6.45, 7) is 8.64. The first-order chi connectivity index (χ1) is 6.30. The van der Waals surface area contributed by atoms with Crippen molar-refractivity contribution in [2.75, 3.05) is 20.3 Å². The largest absolute Gasteiger partial charge is 0.466 e. The first kappa shape index (κ1) is 15.6. The quantitative estimate of drug-likeness (QED) is 0.525. The van der Waals surface area contributed by atoms with Crippen molar-refractivity contribution in [2.45, 2.75) is 20.8 Å². The highest BCUT2D eigenvalue weighted by atomic mass is 16.5. The fourth-order valence-corrected chi connectivity index (χ4v) is 0.224. The molecule has 0 aliphatic carbocycles. The normalized spacial score (nSPS) is 9.86. The van der Waals surface area contributed by atoms with Gasteiger partial charge in [0, 0.05) is 11.0 Å². The predicted molar refractivity (Wildman–Crippen MR) is 54.8 cm³/mol. The number of rotatable bonds is 3. The zero-order chi connectivity index (χ0) is 11.8. The van der Waals surface area contributed by atoms with Gasteiger partial charge in [0.1, 0.15) is 0 Å². The van der Waals surface area contributed by atoms with E-state index in [0.29, 0.717) is 5.57 Å². The maximum atomic E-state index is 10.2. The molecule has 4 heteroatoms. The van der Waals surface area contributed by atoms with Gasteiger partial charge in [0.25, 0.3) is 0 Å². The van der Waals surface area contributed by atoms with Crippen molar-refractivity contribution in [3.05, 3.63) is 12.2 Å². The van der Waals surface area contributed by atoms with Gasteiger partial charge in [0.2, 0.25) is 0 Å². The Morgan fingerprint density at radius 2 is 1.71 bits per heavy atom. The standard InChI is InChI=1S/C5H12O2.C5H8O2/c1-5(2,3-6)4-7;1-4(2)5(6)7-3/h6-7H,3-4H2,1-2H3;1H2,2-3H3. The molecule has 0 unspecified atom stereocenters. The Morgan fingerprint density at radius 1 is 1.36 bits per heavy atom. The third kappa shape index (κ3) is 9.22. The molecule has 4 nitrogen and oxygen atoms in total. The number of methoxy groups -OCH3 is 1. The molecule has 0 amide bonds. The molecule has 0 heterocycles. The van der Waals surface area contributed by atoms with Crippen LogP contribution in [0.4, 0.5) is 0 Å². The Kier molecular flexibility index (Phi) is 8.38. The molecule has 0 aliphatic rings. The number of hydrogen-bond donors (Lipinski definition) is 2. The van der Waals surface area contributed by atoms with E-state index in [1.54, 1.807) is 20.8 Å². The third-order valence-electron chi connectivity index (χ3n) is 1.39. The fourth-order valence-electron chi connectivity index (χ4n) is 0.224. The van der Waals surface area contributed by atoms with Crippen molar-refractivity contribution in [2.24, 2.45) is 5.41 Å². The van der Waals surface area contributed by atoms with E-state index >= 15 is 0 Å². The molecule has 0 atom stereocenters. The van der Waals surface area contributed by atoms with Crippen LogP contribution >= 0.6 is 0 Å². The van der Waals surface area contributed by atoms with E-state index < -0.39 is 0 Å². The summed E-state index contributed by atoms with van der Waals surface area (Å²) in [6, 6.07) is 0. The maximum absolute atomic E-state index is 10.2. The van der Waals surface area contributed by atoms with Crippen molar-refractivity contribution >= 4 is 5.97 Å². The lowest BCUT2D eigenvalue weighted by molar-refractivity contribution is -0.136. The topological polar surface area (TPSA) is 66.8 Å². The van der Waals surface area contributed by atoms with Crippen LogP contribution in [0.25, 0.3) is 0 Å². The van der Waals surface area contributed by atoms with Crippen LogP contribution in [-0.4, -0.2) is 36.5 Å². The van der Waals surface area contributed by atoms with E-state index in [4.69, 9.17) is 10.2 Å². The summed E-state index contributed by atoms with van der Waals surface area (Å²) in [5.74, 6) is -0.347. The Hall–Kier alpha value is -0.870. The highest BCUT2D eigenvalue weighted by Crippen LogP contribution is 2.10. The zero-order valence-corrected chi connectivity index (χ0v) is 9.33. The Bertz CT molecular complexity index is 179. The first-order valence-electron chi connectivity index (χ1n) is 4.26. The summed E-state index contributed by atoms with van der Waals surface area (Å²) >= 11 is 0. The van der Waals surface area contributed by atoms with Crippen LogP contribution in [0.3, 0.4) is 0 Å². The molecule has 0 aromatic rings. The van der Waals surface area contributed by atoms with E-state index in [0.717, 1.165) is 0 Å². The van der Waals surface area contributed by atoms with Gasteiger partial charge in [-0.15, -0.1) is 0 Å². The number of hydrogen-bond acceptors (Lipinski definition) is 4. The van der Waals surface area contributed by atoms with Gasteiger partial charge in [-0.25, -0.2) is 4.79 Å². The van der Waals surface area contributed by atoms with Crippen LogP contribution < -0.4 is 0 Å². The molecule has 0 aromatic heterocycles. The number of carbonyl (C=O) groups excluding carboxylic acids is 1. The van der Waals surface area contributed by atoms with Crippen molar-refractivity contribution in [3.63, 3.8) is 0 Å². The van der Waals surface area contributed by atoms with Gasteiger partial charge in [0.15, 0.2) is 0 Å². The highest BCUT2D eigenvalue weighted by molar-refractivity contribution is 5.86. The third-order valence-corrected chi connectivity index (χ3v) is 1.39. The molecule has 0 bridgehead atoms. The molecule has 0 aromatic carbocycles. The summed E-state index contributed by atoms with van der Waals surface area (Å²) in [6.07, 6.45) is 0. The molecule has 0 saturated carbocycles. The molecule has 0 aliphatic heterocycles. The summed E-state index contributed by atoms with van der Waals surface area (Å²) in [5, 5.41) is 16.9. The fraction of sp³-hybridized carbons (Fsp3) is 0.700. The van der Waals surface area contributed by atoms with Gasteiger partial charge in [-0.05, 0) is 6.92 Å². The molecule has 0 saturated heterocycles. The van der Waals surface area contributed by atoms with E-state index in [-0.39, 0.29) is 24.6 Å². The molecule has 14 heavy (non-hydrogen) atoms. The lowest BCUT2D eigenvalue weighted by atomic mass is 9.97. The Balaban J connectivity index is 0. The molecular formula is C10H20O4. The average Bonchev–Trinajstić information content (AvgIpc) is 2.17. The van der Waals surface area contributed by atoms with Gasteiger partial charge in [0.05, 0.1) is 20.3 Å². The van der Waals surface area contributed by atoms with Crippen molar-refractivity contribution in [1.29, 1.82) is 0 Å². The van der Waals surface area contributed by atoms with Crippen LogP contribution in [0, 0.1) is 5.41 Å². The Labute approximate surface area is 85.2 Å². The van der Waals surface area contributed by atoms with E-state index in [1.807, 2.05) is 0 Å². The van der Waals surface area contributed by atoms with Crippen molar-refractivity contribution in [1.82, 2.24) is 0 Å². The zero-order valence-electron chi connectivity index (χ0n) is 9.33. The summed E-state index contributed by atoms with van der Waals surface area (Å²) in [4.78, 5) is 10.2. The van der Waals surface area contributed by atoms with E-state index in [1.165, 1.54) is 7.11 Å². The minimum atomic E-state index is -0.347. The van der Waals surface area contributed by atoms with E-state index in [9.17, 15) is 4.79 Å². The summed E-state index contributed by atoms with van der Waals surface area (Å²) in [7, 11) is 1.33. The minimum Gasteiger partial charge on any atom is -0.466 e. The second-order valence-corrected chi connectivity index (χ2v) is 3.75. The summed E-state index contributed by atoms with van der Waals surface area (Å²) in [5.41, 5.74) is 0.127. The molecule has 0 rings (SSSR count). The van der Waals surface area contributed by atoms with Gasteiger partial charge >= 0.3 is 5.97 Å². The van der Waals surface area contributed by atoms with Crippen LogP contribution in [0.1, 0.15) is 20.8 Å². The van der Waals surface area contributed by atoms with Crippen LogP contribution in [-0.2, 0) is 9.53 Å². The maximum Gasteiger partial charge on any atom is 0.332 e. The van der Waals surface area contributed by atoms with Crippen LogP contribution in [0.15, 0.2) is 12.2 Å². The lowest BCUT2D eigenvalue weighted by Gasteiger charge is -2.16. The molecule has 2 N–H and O–H groups in total. The second kappa shape index (κ2) is 7.53. The average molecular weight is 204 g/mol. The molecule has 0 radical (unpaired) electrons. The predicted octanol–water partition coefficient (Wildman–Crippen LogP) is 0.733. The SMILES string of the molecule is C=C(C)C(=O)OC.CC(C)(CO)CO. The number of carbonyl (C=O) groups is 1. The van der Waals surface area contributed by atoms with Gasteiger partial charge in [-0.2, -0.15) is 0 Å². The number of aliphatic hydroxyl groups is 2. The Morgan fingerprint density at radius 3 is 1.71 bits per heavy atom. The first-order valence-corrected chi connectivity index (χ1v) is 4.26. The molecule has 0 fully saturated rings. The second-order valence-electron chi connectivity index (χ2n) is 3.75. The van der Waals surface area contributed by atoms with Crippen molar-refractivity contribution < 1.29 is 19.7 Å². The van der Waals surface area contributed by atoms with Gasteiger partial charge in [-0.3, -0.25) is 0 Å². The smallest absolute Gasteiger partial charge is 0.332 e. The van der Waals surface area contributed by atoms with E-state index in [2.05, 4.69) is 11.3 Å². The van der Waals surface area contributed by atoms with Gasteiger partial charge < -0.3 is 14.9 Å².